The van der Waals surface area contributed by atoms with Crippen molar-refractivity contribution in [2.45, 2.75) is 13.0 Å². The van der Waals surface area contributed by atoms with Crippen molar-refractivity contribution < 1.29 is 14.3 Å². The number of hydrogen-bond donors (Lipinski definition) is 2. The molecule has 25 heavy (non-hydrogen) atoms. The first-order valence-corrected chi connectivity index (χ1v) is 8.38. The molecule has 0 spiro atoms. The Labute approximate surface area is 153 Å². The van der Waals surface area contributed by atoms with Gasteiger partial charge in [0.15, 0.2) is 0 Å². The van der Waals surface area contributed by atoms with E-state index in [4.69, 9.17) is 10.5 Å². The van der Waals surface area contributed by atoms with Crippen LogP contribution in [-0.4, -0.2) is 35.4 Å². The van der Waals surface area contributed by atoms with Crippen LogP contribution in [0.15, 0.2) is 34.9 Å². The molecule has 0 saturated heterocycles. The Hall–Kier alpha value is -2.61. The molecule has 3 N–H and O–H groups in total. The number of nitrogen functional groups attached to an aromatic ring is 1. The molecule has 0 radical (unpaired) electrons. The molecule has 130 valence electrons. The number of carbonyl (C=O) groups excluding carboxylic acids is 2. The number of nitrogens with two attached hydrogens (primary N) is 1. The molecule has 1 aromatic carbocycles. The molecule has 1 aliphatic rings. The summed E-state index contributed by atoms with van der Waals surface area (Å²) in [6, 6.07) is 6.95. The maximum absolute atomic E-state index is 12.5. The van der Waals surface area contributed by atoms with Crippen LogP contribution in [-0.2, 0) is 9.59 Å². The zero-order valence-electron chi connectivity index (χ0n) is 13.7. The van der Waals surface area contributed by atoms with E-state index in [2.05, 4.69) is 26.2 Å². The van der Waals surface area contributed by atoms with Crippen LogP contribution in [0.5, 0.6) is 5.75 Å². The van der Waals surface area contributed by atoms with E-state index in [0.717, 1.165) is 15.6 Å². The van der Waals surface area contributed by atoms with Crippen molar-refractivity contribution in [2.24, 2.45) is 0 Å². The largest absolute Gasteiger partial charge is 0.491 e. The highest BCUT2D eigenvalue weighted by atomic mass is 79.9. The zero-order chi connectivity index (χ0) is 18.1. The molecule has 1 atom stereocenters. The third-order valence-corrected chi connectivity index (χ3v) is 4.58. The Balaban J connectivity index is 1.72. The predicted molar refractivity (Wildman–Crippen MR) is 97.2 cm³/mol. The molecular weight excluding hydrogens is 388 g/mol. The van der Waals surface area contributed by atoms with Crippen LogP contribution < -0.4 is 15.8 Å². The lowest BCUT2D eigenvalue weighted by molar-refractivity contribution is -0.143. The molecule has 1 aliphatic heterocycles. The van der Waals surface area contributed by atoms with E-state index in [1.54, 1.807) is 20.0 Å². The lowest BCUT2D eigenvalue weighted by Crippen LogP contribution is -2.40. The first-order chi connectivity index (χ1) is 11.9. The van der Waals surface area contributed by atoms with E-state index in [1.165, 1.54) is 11.1 Å². The Morgan fingerprint density at radius 2 is 2.16 bits per heavy atom. The van der Waals surface area contributed by atoms with Gasteiger partial charge in [0, 0.05) is 17.1 Å². The molecule has 8 heteroatoms. The normalized spacial score (nSPS) is 15.2. The van der Waals surface area contributed by atoms with Crippen molar-refractivity contribution in [2.75, 3.05) is 24.7 Å². The van der Waals surface area contributed by atoms with E-state index in [9.17, 15) is 9.59 Å². The molecule has 0 bridgehead atoms. The average molecular weight is 405 g/mol. The van der Waals surface area contributed by atoms with Gasteiger partial charge in [-0.25, -0.2) is 4.98 Å². The number of nitrogens with zero attached hydrogens (tertiary/aromatic N) is 2. The number of ether oxygens (including phenoxy) is 1. The van der Waals surface area contributed by atoms with Gasteiger partial charge in [-0.3, -0.25) is 9.59 Å². The number of likely N-dealkylation sites (N-methyl/N-ethyl adjacent to an activating group) is 1. The number of rotatable bonds is 2. The molecule has 3 rings (SSSR count). The van der Waals surface area contributed by atoms with Gasteiger partial charge in [-0.05, 0) is 30.7 Å². The molecule has 0 saturated carbocycles. The van der Waals surface area contributed by atoms with Gasteiger partial charge >= 0.3 is 11.8 Å². The minimum Gasteiger partial charge on any atom is -0.491 e. The van der Waals surface area contributed by atoms with Crippen molar-refractivity contribution in [3.63, 3.8) is 0 Å². The Kier molecular flexibility index (Phi) is 4.63. The summed E-state index contributed by atoms with van der Waals surface area (Å²) in [6.07, 6.45) is 1.42. The summed E-state index contributed by atoms with van der Waals surface area (Å²) in [6.45, 7) is 2.08. The highest BCUT2D eigenvalue weighted by Crippen LogP contribution is 2.37. The molecule has 2 amide bonds. The fourth-order valence-electron chi connectivity index (χ4n) is 2.63. The van der Waals surface area contributed by atoms with Crippen LogP contribution >= 0.6 is 15.9 Å². The van der Waals surface area contributed by atoms with E-state index in [0.29, 0.717) is 23.9 Å². The predicted octanol–water partition coefficient (Wildman–Crippen LogP) is 2.27. The summed E-state index contributed by atoms with van der Waals surface area (Å²) < 4.78 is 6.50. The maximum Gasteiger partial charge on any atom is 0.313 e. The second kappa shape index (κ2) is 6.72. The summed E-state index contributed by atoms with van der Waals surface area (Å²) in [4.78, 5) is 30.1. The van der Waals surface area contributed by atoms with Gasteiger partial charge in [0.2, 0.25) is 0 Å². The second-order valence-electron chi connectivity index (χ2n) is 5.81. The number of pyridine rings is 1. The second-order valence-corrected chi connectivity index (χ2v) is 6.72. The molecule has 1 unspecified atom stereocenters. The number of benzene rings is 1. The van der Waals surface area contributed by atoms with Gasteiger partial charge in [0.1, 0.15) is 18.2 Å². The van der Waals surface area contributed by atoms with Crippen molar-refractivity contribution >= 4 is 39.2 Å². The maximum atomic E-state index is 12.5. The number of amides is 2. The first kappa shape index (κ1) is 17.2. The molecule has 7 nitrogen and oxygen atoms in total. The van der Waals surface area contributed by atoms with E-state index >= 15 is 0 Å². The minimum absolute atomic E-state index is 0.309. The van der Waals surface area contributed by atoms with Gasteiger partial charge in [0.25, 0.3) is 0 Å². The highest BCUT2D eigenvalue weighted by molar-refractivity contribution is 9.10. The Morgan fingerprint density at radius 1 is 1.40 bits per heavy atom. The molecular formula is C17H17BrN4O3. The summed E-state index contributed by atoms with van der Waals surface area (Å²) >= 11 is 3.38. The van der Waals surface area contributed by atoms with Gasteiger partial charge in [-0.1, -0.05) is 22.0 Å². The number of anilines is 2. The molecule has 0 fully saturated rings. The molecule has 2 heterocycles. The summed E-state index contributed by atoms with van der Waals surface area (Å²) in [5, 5.41) is 2.55. The van der Waals surface area contributed by atoms with Crippen molar-refractivity contribution in [1.82, 2.24) is 9.88 Å². The highest BCUT2D eigenvalue weighted by Gasteiger charge is 2.33. The third-order valence-electron chi connectivity index (χ3n) is 4.09. The number of aromatic nitrogens is 1. The van der Waals surface area contributed by atoms with Crippen molar-refractivity contribution in [3.05, 3.63) is 46.1 Å². The fraction of sp³-hybridized carbons (Fsp3) is 0.235. The van der Waals surface area contributed by atoms with E-state index in [1.807, 2.05) is 18.2 Å². The van der Waals surface area contributed by atoms with Gasteiger partial charge in [-0.15, -0.1) is 0 Å². The van der Waals surface area contributed by atoms with Gasteiger partial charge in [-0.2, -0.15) is 0 Å². The van der Waals surface area contributed by atoms with Crippen LogP contribution in [0.3, 0.4) is 0 Å². The van der Waals surface area contributed by atoms with Gasteiger partial charge < -0.3 is 20.7 Å². The monoisotopic (exact) mass is 404 g/mol. The smallest absolute Gasteiger partial charge is 0.313 e. The Bertz CT molecular complexity index is 856. The fourth-order valence-corrected chi connectivity index (χ4v) is 2.97. The average Bonchev–Trinajstić information content (AvgIpc) is 2.99. The number of nitrogens with one attached hydrogen (secondary N) is 1. The van der Waals surface area contributed by atoms with Crippen LogP contribution in [0.1, 0.15) is 17.2 Å². The summed E-state index contributed by atoms with van der Waals surface area (Å²) in [5.74, 6) is -0.303. The van der Waals surface area contributed by atoms with Crippen LogP contribution in [0.25, 0.3) is 0 Å². The summed E-state index contributed by atoms with van der Waals surface area (Å²) in [7, 11) is 1.58. The quantitative estimate of drug-likeness (QED) is 0.748. The number of halogens is 1. The van der Waals surface area contributed by atoms with Crippen LogP contribution in [0.4, 0.5) is 11.5 Å². The zero-order valence-corrected chi connectivity index (χ0v) is 15.3. The van der Waals surface area contributed by atoms with Crippen LogP contribution in [0.2, 0.25) is 0 Å². The van der Waals surface area contributed by atoms with Gasteiger partial charge in [0.05, 0.1) is 17.9 Å². The summed E-state index contributed by atoms with van der Waals surface area (Å²) in [5.41, 5.74) is 7.67. The lowest BCUT2D eigenvalue weighted by atomic mass is 10.1. The Morgan fingerprint density at radius 3 is 2.88 bits per heavy atom. The molecule has 2 aromatic rings. The SMILES string of the molecule is Cc1cc(NC(=O)C(=O)N(C)C2COc3cc(Br)ccc32)cnc1N. The number of fused-ring (bicyclic) bond motifs is 1. The first-order valence-electron chi connectivity index (χ1n) is 7.59. The van der Waals surface area contributed by atoms with Crippen molar-refractivity contribution in [1.29, 1.82) is 0 Å². The molecule has 1 aromatic heterocycles. The lowest BCUT2D eigenvalue weighted by Gasteiger charge is -2.23. The minimum atomic E-state index is -0.737. The number of carbonyl (C=O) groups is 2. The standard InChI is InChI=1S/C17H17BrN4O3/c1-9-5-11(7-20-15(9)19)21-16(23)17(24)22(2)13-8-25-14-6-10(18)3-4-12(13)14/h3-7,13H,8H2,1-2H3,(H2,19,20)(H,21,23). The topological polar surface area (TPSA) is 97.5 Å². The number of hydrogen-bond acceptors (Lipinski definition) is 5. The third kappa shape index (κ3) is 3.43. The van der Waals surface area contributed by atoms with E-state index < -0.39 is 11.8 Å². The number of aryl methyl sites for hydroxylation is 1. The molecule has 0 aliphatic carbocycles. The van der Waals surface area contributed by atoms with Crippen molar-refractivity contribution in [3.8, 4) is 5.75 Å². The van der Waals surface area contributed by atoms with E-state index in [-0.39, 0.29) is 6.04 Å². The van der Waals surface area contributed by atoms with Crippen LogP contribution in [0, 0.1) is 6.92 Å².